The molecule has 0 aromatic rings. The van der Waals surface area contributed by atoms with Crippen LogP contribution in [0.25, 0.3) is 0 Å². The zero-order chi connectivity index (χ0) is 10.2. The van der Waals surface area contributed by atoms with Crippen LogP contribution in [0.5, 0.6) is 0 Å². The van der Waals surface area contributed by atoms with Crippen LogP contribution in [0.1, 0.15) is 58.3 Å². The molecule has 0 aromatic heterocycles. The van der Waals surface area contributed by atoms with Crippen LogP contribution in [0, 0.1) is 11.8 Å². The molecule has 2 atom stereocenters. The van der Waals surface area contributed by atoms with Crippen LogP contribution in [0.15, 0.2) is 0 Å². The van der Waals surface area contributed by atoms with E-state index in [1.54, 1.807) is 0 Å². The van der Waals surface area contributed by atoms with E-state index >= 15 is 0 Å². The molecule has 0 spiro atoms. The van der Waals surface area contributed by atoms with Crippen molar-refractivity contribution in [2.45, 2.75) is 58.3 Å². The van der Waals surface area contributed by atoms with Gasteiger partial charge in [-0.1, -0.05) is 45.4 Å². The molecular weight excluding hydrogens is 172 g/mol. The minimum Gasteiger partial charge on any atom is -0.385 e. The van der Waals surface area contributed by atoms with Gasteiger partial charge in [-0.15, -0.1) is 0 Å². The highest BCUT2D eigenvalue weighted by Crippen LogP contribution is 2.37. The van der Waals surface area contributed by atoms with Crippen molar-refractivity contribution >= 4 is 0 Å². The number of rotatable bonds is 7. The number of methoxy groups -OCH3 is 1. The molecule has 84 valence electrons. The molecule has 0 aliphatic heterocycles. The van der Waals surface area contributed by atoms with Crippen molar-refractivity contribution in [2.24, 2.45) is 11.8 Å². The standard InChI is InChI=1S/C13H26O/c1-3-4-7-12-8-5-9-13(12)10-6-11-14-2/h12-13H,3-11H2,1-2H3/t12?,13-/m1/s1. The lowest BCUT2D eigenvalue weighted by Gasteiger charge is -2.18. The summed E-state index contributed by atoms with van der Waals surface area (Å²) in [5.41, 5.74) is 0. The quantitative estimate of drug-likeness (QED) is 0.561. The predicted molar refractivity (Wildman–Crippen MR) is 61.5 cm³/mol. The van der Waals surface area contributed by atoms with Crippen molar-refractivity contribution in [2.75, 3.05) is 13.7 Å². The fraction of sp³-hybridized carbons (Fsp3) is 1.00. The van der Waals surface area contributed by atoms with Crippen LogP contribution >= 0.6 is 0 Å². The largest absolute Gasteiger partial charge is 0.385 e. The first-order valence-electron chi connectivity index (χ1n) is 6.37. The van der Waals surface area contributed by atoms with Crippen LogP contribution in [-0.2, 0) is 4.74 Å². The normalized spacial score (nSPS) is 27.0. The minimum absolute atomic E-state index is 0.955. The Labute approximate surface area is 89.2 Å². The van der Waals surface area contributed by atoms with E-state index in [-0.39, 0.29) is 0 Å². The second-order valence-electron chi connectivity index (χ2n) is 4.73. The number of ether oxygens (including phenoxy) is 1. The highest BCUT2D eigenvalue weighted by atomic mass is 16.5. The van der Waals surface area contributed by atoms with Gasteiger partial charge < -0.3 is 4.74 Å². The Morgan fingerprint density at radius 2 is 1.71 bits per heavy atom. The third kappa shape index (κ3) is 4.00. The average Bonchev–Trinajstić information content (AvgIpc) is 2.63. The van der Waals surface area contributed by atoms with Gasteiger partial charge in [0.15, 0.2) is 0 Å². The topological polar surface area (TPSA) is 9.23 Å². The fourth-order valence-corrected chi connectivity index (χ4v) is 2.83. The average molecular weight is 198 g/mol. The molecule has 1 heteroatoms. The van der Waals surface area contributed by atoms with Gasteiger partial charge in [0.2, 0.25) is 0 Å². The number of unbranched alkanes of at least 4 members (excludes halogenated alkanes) is 1. The summed E-state index contributed by atoms with van der Waals surface area (Å²) in [6.07, 6.45) is 11.4. The van der Waals surface area contributed by atoms with Gasteiger partial charge in [-0.3, -0.25) is 0 Å². The van der Waals surface area contributed by atoms with Gasteiger partial charge in [-0.2, -0.15) is 0 Å². The van der Waals surface area contributed by atoms with Crippen molar-refractivity contribution in [3.05, 3.63) is 0 Å². The van der Waals surface area contributed by atoms with Crippen LogP contribution < -0.4 is 0 Å². The second kappa shape index (κ2) is 7.28. The molecule has 1 aliphatic carbocycles. The smallest absolute Gasteiger partial charge is 0.0462 e. The minimum atomic E-state index is 0.955. The summed E-state index contributed by atoms with van der Waals surface area (Å²) in [4.78, 5) is 0. The molecule has 1 saturated carbocycles. The van der Waals surface area contributed by atoms with E-state index in [0.29, 0.717) is 0 Å². The van der Waals surface area contributed by atoms with E-state index in [1.165, 1.54) is 51.4 Å². The Hall–Kier alpha value is -0.0400. The Balaban J connectivity index is 2.14. The molecule has 0 aromatic carbocycles. The van der Waals surface area contributed by atoms with Crippen LogP contribution in [0.4, 0.5) is 0 Å². The van der Waals surface area contributed by atoms with E-state index in [9.17, 15) is 0 Å². The molecule has 1 nitrogen and oxygen atoms in total. The van der Waals surface area contributed by atoms with Gasteiger partial charge in [0.05, 0.1) is 0 Å². The Bertz CT molecular complexity index is 133. The maximum Gasteiger partial charge on any atom is 0.0462 e. The number of hydrogen-bond acceptors (Lipinski definition) is 1. The van der Waals surface area contributed by atoms with Gasteiger partial charge in [-0.05, 0) is 24.7 Å². The summed E-state index contributed by atoms with van der Waals surface area (Å²) >= 11 is 0. The zero-order valence-electron chi connectivity index (χ0n) is 9.93. The predicted octanol–water partition coefficient (Wildman–Crippen LogP) is 4.02. The molecule has 14 heavy (non-hydrogen) atoms. The molecule has 0 heterocycles. The molecule has 1 unspecified atom stereocenters. The summed E-state index contributed by atoms with van der Waals surface area (Å²) < 4.78 is 5.12. The van der Waals surface area contributed by atoms with E-state index in [4.69, 9.17) is 4.74 Å². The SMILES string of the molecule is CCCCC1CCC[C@@H]1CCCOC. The molecule has 0 N–H and O–H groups in total. The summed E-state index contributed by atoms with van der Waals surface area (Å²) in [5, 5.41) is 0. The second-order valence-corrected chi connectivity index (χ2v) is 4.73. The van der Waals surface area contributed by atoms with E-state index < -0.39 is 0 Å². The molecule has 0 radical (unpaired) electrons. The molecule has 0 bridgehead atoms. The van der Waals surface area contributed by atoms with Crippen molar-refractivity contribution in [1.29, 1.82) is 0 Å². The molecular formula is C13H26O. The van der Waals surface area contributed by atoms with Gasteiger partial charge in [-0.25, -0.2) is 0 Å². The Morgan fingerprint density at radius 3 is 2.29 bits per heavy atom. The van der Waals surface area contributed by atoms with Crippen molar-refractivity contribution < 1.29 is 4.74 Å². The van der Waals surface area contributed by atoms with Crippen LogP contribution in [0.3, 0.4) is 0 Å². The number of hydrogen-bond donors (Lipinski definition) is 0. The van der Waals surface area contributed by atoms with Crippen molar-refractivity contribution in [1.82, 2.24) is 0 Å². The monoisotopic (exact) mass is 198 g/mol. The first-order chi connectivity index (χ1) is 6.88. The van der Waals surface area contributed by atoms with E-state index in [1.807, 2.05) is 7.11 Å². The maximum absolute atomic E-state index is 5.12. The van der Waals surface area contributed by atoms with Gasteiger partial charge in [0.1, 0.15) is 0 Å². The van der Waals surface area contributed by atoms with Gasteiger partial charge in [0.25, 0.3) is 0 Å². The maximum atomic E-state index is 5.12. The molecule has 0 saturated heterocycles. The summed E-state index contributed by atoms with van der Waals surface area (Å²) in [6.45, 7) is 3.26. The highest BCUT2D eigenvalue weighted by Gasteiger charge is 2.25. The van der Waals surface area contributed by atoms with Crippen LogP contribution in [-0.4, -0.2) is 13.7 Å². The summed E-state index contributed by atoms with van der Waals surface area (Å²) in [7, 11) is 1.81. The highest BCUT2D eigenvalue weighted by molar-refractivity contribution is 4.77. The van der Waals surface area contributed by atoms with Crippen molar-refractivity contribution in [3.63, 3.8) is 0 Å². The van der Waals surface area contributed by atoms with Gasteiger partial charge in [0, 0.05) is 13.7 Å². The van der Waals surface area contributed by atoms with Crippen molar-refractivity contribution in [3.8, 4) is 0 Å². The van der Waals surface area contributed by atoms with Crippen LogP contribution in [0.2, 0.25) is 0 Å². The van der Waals surface area contributed by atoms with E-state index in [0.717, 1.165) is 18.4 Å². The Morgan fingerprint density at radius 1 is 1.07 bits per heavy atom. The lowest BCUT2D eigenvalue weighted by atomic mass is 9.88. The summed E-state index contributed by atoms with van der Waals surface area (Å²) in [6, 6.07) is 0. The third-order valence-electron chi connectivity index (χ3n) is 3.67. The first-order valence-corrected chi connectivity index (χ1v) is 6.37. The lowest BCUT2D eigenvalue weighted by molar-refractivity contribution is 0.181. The first kappa shape index (κ1) is 12.0. The lowest BCUT2D eigenvalue weighted by Crippen LogP contribution is -2.08. The Kier molecular flexibility index (Phi) is 6.25. The fourth-order valence-electron chi connectivity index (χ4n) is 2.83. The van der Waals surface area contributed by atoms with E-state index in [2.05, 4.69) is 6.92 Å². The summed E-state index contributed by atoms with van der Waals surface area (Å²) in [5.74, 6) is 2.07. The molecule has 1 rings (SSSR count). The van der Waals surface area contributed by atoms with Gasteiger partial charge >= 0.3 is 0 Å². The zero-order valence-corrected chi connectivity index (χ0v) is 9.93. The molecule has 0 amide bonds. The molecule has 1 fully saturated rings. The third-order valence-corrected chi connectivity index (χ3v) is 3.67. The molecule has 1 aliphatic rings.